The standard InChI is InChI=1S/C16H26N2O2/c1-16(2,3)12-15(19)18(11-7-10-17)13-8-5-6-9-14(13)20-4/h5-6,8-9H,7,10-12,17H2,1-4H3. The number of para-hydroxylation sites is 2. The summed E-state index contributed by atoms with van der Waals surface area (Å²) in [6.45, 7) is 7.37. The van der Waals surface area contributed by atoms with E-state index in [1.54, 1.807) is 12.0 Å². The van der Waals surface area contributed by atoms with Gasteiger partial charge in [0.15, 0.2) is 0 Å². The minimum absolute atomic E-state index is 0.0416. The van der Waals surface area contributed by atoms with Crippen LogP contribution in [-0.4, -0.2) is 26.1 Å². The number of carbonyl (C=O) groups is 1. The number of benzene rings is 1. The maximum absolute atomic E-state index is 12.6. The van der Waals surface area contributed by atoms with Crippen molar-refractivity contribution < 1.29 is 9.53 Å². The number of carbonyl (C=O) groups excluding carboxylic acids is 1. The number of anilines is 1. The third-order valence-electron chi connectivity index (χ3n) is 2.94. The summed E-state index contributed by atoms with van der Waals surface area (Å²) >= 11 is 0. The van der Waals surface area contributed by atoms with Crippen molar-refractivity contribution in [1.29, 1.82) is 0 Å². The molecule has 0 aliphatic rings. The highest BCUT2D eigenvalue weighted by atomic mass is 16.5. The zero-order valence-electron chi connectivity index (χ0n) is 13.0. The summed E-state index contributed by atoms with van der Waals surface area (Å²) in [7, 11) is 1.62. The lowest BCUT2D eigenvalue weighted by Gasteiger charge is -2.28. The van der Waals surface area contributed by atoms with E-state index in [0.29, 0.717) is 25.3 Å². The Morgan fingerprint density at radius 2 is 1.95 bits per heavy atom. The fourth-order valence-electron chi connectivity index (χ4n) is 2.03. The average Bonchev–Trinajstić information content (AvgIpc) is 2.37. The number of hydrogen-bond donors (Lipinski definition) is 1. The van der Waals surface area contributed by atoms with Crippen LogP contribution in [0.4, 0.5) is 5.69 Å². The second-order valence-electron chi connectivity index (χ2n) is 6.10. The lowest BCUT2D eigenvalue weighted by molar-refractivity contribution is -0.120. The Morgan fingerprint density at radius 3 is 2.50 bits per heavy atom. The number of amides is 1. The van der Waals surface area contributed by atoms with Gasteiger partial charge < -0.3 is 15.4 Å². The highest BCUT2D eigenvalue weighted by Gasteiger charge is 2.23. The monoisotopic (exact) mass is 278 g/mol. The molecule has 1 aromatic rings. The van der Waals surface area contributed by atoms with Gasteiger partial charge in [0.25, 0.3) is 0 Å². The van der Waals surface area contributed by atoms with Crippen LogP contribution in [0.2, 0.25) is 0 Å². The maximum atomic E-state index is 12.6. The third kappa shape index (κ3) is 4.85. The van der Waals surface area contributed by atoms with E-state index in [-0.39, 0.29) is 11.3 Å². The number of hydrogen-bond acceptors (Lipinski definition) is 3. The normalized spacial score (nSPS) is 11.2. The molecule has 0 fully saturated rings. The maximum Gasteiger partial charge on any atom is 0.227 e. The van der Waals surface area contributed by atoms with Crippen molar-refractivity contribution in [2.75, 3.05) is 25.1 Å². The molecule has 4 heteroatoms. The van der Waals surface area contributed by atoms with Gasteiger partial charge in [-0.15, -0.1) is 0 Å². The third-order valence-corrected chi connectivity index (χ3v) is 2.94. The van der Waals surface area contributed by atoms with E-state index in [0.717, 1.165) is 12.1 Å². The van der Waals surface area contributed by atoms with E-state index < -0.39 is 0 Å². The molecule has 0 saturated heterocycles. The van der Waals surface area contributed by atoms with Gasteiger partial charge in [0, 0.05) is 13.0 Å². The average molecular weight is 278 g/mol. The van der Waals surface area contributed by atoms with Crippen molar-refractivity contribution >= 4 is 11.6 Å². The van der Waals surface area contributed by atoms with Crippen molar-refractivity contribution in [2.24, 2.45) is 11.1 Å². The minimum atomic E-state index is -0.0416. The Balaban J connectivity index is 3.02. The quantitative estimate of drug-likeness (QED) is 0.870. The van der Waals surface area contributed by atoms with Gasteiger partial charge in [-0.05, 0) is 30.5 Å². The van der Waals surface area contributed by atoms with Gasteiger partial charge in [0.1, 0.15) is 5.75 Å². The SMILES string of the molecule is COc1ccccc1N(CCCN)C(=O)CC(C)(C)C. The van der Waals surface area contributed by atoms with Gasteiger partial charge in [-0.2, -0.15) is 0 Å². The number of methoxy groups -OCH3 is 1. The molecule has 0 atom stereocenters. The highest BCUT2D eigenvalue weighted by molar-refractivity contribution is 5.95. The Bertz CT molecular complexity index is 438. The smallest absolute Gasteiger partial charge is 0.227 e. The van der Waals surface area contributed by atoms with Gasteiger partial charge in [-0.25, -0.2) is 0 Å². The Labute approximate surface area is 121 Å². The second-order valence-corrected chi connectivity index (χ2v) is 6.10. The van der Waals surface area contributed by atoms with E-state index >= 15 is 0 Å². The Morgan fingerprint density at radius 1 is 1.30 bits per heavy atom. The Hall–Kier alpha value is -1.55. The van der Waals surface area contributed by atoms with E-state index in [1.807, 2.05) is 24.3 Å². The molecule has 2 N–H and O–H groups in total. The first-order valence-corrected chi connectivity index (χ1v) is 7.02. The zero-order valence-corrected chi connectivity index (χ0v) is 13.0. The van der Waals surface area contributed by atoms with Crippen LogP contribution < -0.4 is 15.4 Å². The summed E-state index contributed by atoms with van der Waals surface area (Å²) in [6.07, 6.45) is 1.27. The molecule has 0 heterocycles. The highest BCUT2D eigenvalue weighted by Crippen LogP contribution is 2.30. The first kappa shape index (κ1) is 16.5. The van der Waals surface area contributed by atoms with Gasteiger partial charge in [0.05, 0.1) is 12.8 Å². The van der Waals surface area contributed by atoms with Crippen molar-refractivity contribution in [1.82, 2.24) is 0 Å². The molecule has 1 aromatic carbocycles. The largest absolute Gasteiger partial charge is 0.495 e. The van der Waals surface area contributed by atoms with E-state index in [9.17, 15) is 4.79 Å². The second kappa shape index (κ2) is 7.29. The molecule has 20 heavy (non-hydrogen) atoms. The predicted octanol–water partition coefficient (Wildman–Crippen LogP) is 2.81. The van der Waals surface area contributed by atoms with Crippen LogP contribution in [0, 0.1) is 5.41 Å². The summed E-state index contributed by atoms with van der Waals surface area (Å²) in [5.41, 5.74) is 6.36. The van der Waals surface area contributed by atoms with Crippen LogP contribution in [0.15, 0.2) is 24.3 Å². The fourth-order valence-corrected chi connectivity index (χ4v) is 2.03. The summed E-state index contributed by atoms with van der Waals surface area (Å²) in [6, 6.07) is 7.60. The number of rotatable bonds is 6. The van der Waals surface area contributed by atoms with Crippen molar-refractivity contribution in [3.8, 4) is 5.75 Å². The van der Waals surface area contributed by atoms with Gasteiger partial charge >= 0.3 is 0 Å². The molecule has 4 nitrogen and oxygen atoms in total. The molecule has 0 spiro atoms. The van der Waals surface area contributed by atoms with Crippen LogP contribution in [0.1, 0.15) is 33.6 Å². The summed E-state index contributed by atoms with van der Waals surface area (Å²) in [4.78, 5) is 14.4. The van der Waals surface area contributed by atoms with Gasteiger partial charge in [-0.1, -0.05) is 32.9 Å². The topological polar surface area (TPSA) is 55.6 Å². The molecule has 0 unspecified atom stereocenters. The van der Waals surface area contributed by atoms with Crippen LogP contribution in [0.25, 0.3) is 0 Å². The Kier molecular flexibility index (Phi) is 6.02. The minimum Gasteiger partial charge on any atom is -0.495 e. The molecule has 0 aliphatic carbocycles. The molecule has 1 rings (SSSR count). The lowest BCUT2D eigenvalue weighted by Crippen LogP contribution is -2.35. The first-order chi connectivity index (χ1) is 9.39. The summed E-state index contributed by atoms with van der Waals surface area (Å²) in [5, 5.41) is 0. The van der Waals surface area contributed by atoms with Crippen molar-refractivity contribution in [3.05, 3.63) is 24.3 Å². The number of ether oxygens (including phenoxy) is 1. The van der Waals surface area contributed by atoms with Crippen molar-refractivity contribution in [2.45, 2.75) is 33.6 Å². The lowest BCUT2D eigenvalue weighted by atomic mass is 9.91. The zero-order chi connectivity index (χ0) is 15.2. The van der Waals surface area contributed by atoms with Gasteiger partial charge in [0.2, 0.25) is 5.91 Å². The van der Waals surface area contributed by atoms with E-state index in [1.165, 1.54) is 0 Å². The fraction of sp³-hybridized carbons (Fsp3) is 0.562. The number of nitrogens with two attached hydrogens (primary N) is 1. The summed E-state index contributed by atoms with van der Waals surface area (Å²) < 4.78 is 5.36. The summed E-state index contributed by atoms with van der Waals surface area (Å²) in [5.74, 6) is 0.822. The first-order valence-electron chi connectivity index (χ1n) is 7.02. The molecular formula is C16H26N2O2. The van der Waals surface area contributed by atoms with Crippen molar-refractivity contribution in [3.63, 3.8) is 0 Å². The van der Waals surface area contributed by atoms with Crippen LogP contribution in [-0.2, 0) is 4.79 Å². The van der Waals surface area contributed by atoms with Crippen LogP contribution in [0.5, 0.6) is 5.75 Å². The predicted molar refractivity (Wildman–Crippen MR) is 83.1 cm³/mol. The molecule has 112 valence electrons. The molecule has 0 saturated carbocycles. The van der Waals surface area contributed by atoms with Crippen LogP contribution >= 0.6 is 0 Å². The van der Waals surface area contributed by atoms with E-state index in [2.05, 4.69) is 20.8 Å². The molecule has 0 aromatic heterocycles. The number of nitrogens with zero attached hydrogens (tertiary/aromatic N) is 1. The van der Waals surface area contributed by atoms with Gasteiger partial charge in [-0.3, -0.25) is 4.79 Å². The van der Waals surface area contributed by atoms with E-state index in [4.69, 9.17) is 10.5 Å². The molecule has 0 radical (unpaired) electrons. The molecule has 1 amide bonds. The van der Waals surface area contributed by atoms with Crippen LogP contribution in [0.3, 0.4) is 0 Å². The molecule has 0 bridgehead atoms. The molecule has 0 aliphatic heterocycles. The molecular weight excluding hydrogens is 252 g/mol.